The van der Waals surface area contributed by atoms with E-state index in [4.69, 9.17) is 29.0 Å². The number of benzene rings is 1. The molecule has 3 rings (SSSR count). The number of halogens is 2. The first kappa shape index (κ1) is 12.7. The van der Waals surface area contributed by atoms with Gasteiger partial charge in [-0.1, -0.05) is 29.3 Å². The van der Waals surface area contributed by atoms with Crippen LogP contribution in [0.3, 0.4) is 0 Å². The Labute approximate surface area is 118 Å². The van der Waals surface area contributed by atoms with Crippen LogP contribution >= 0.6 is 23.2 Å². The van der Waals surface area contributed by atoms with Crippen molar-refractivity contribution in [3.8, 4) is 0 Å². The lowest BCUT2D eigenvalue weighted by atomic mass is 9.90. The molecular formula is C14H18Cl2N2. The van der Waals surface area contributed by atoms with Crippen LogP contribution in [-0.2, 0) is 6.42 Å². The van der Waals surface area contributed by atoms with E-state index in [1.807, 2.05) is 12.1 Å². The summed E-state index contributed by atoms with van der Waals surface area (Å²) in [5.74, 6) is 8.38. The number of rotatable bonds is 4. The van der Waals surface area contributed by atoms with Crippen molar-refractivity contribution >= 4 is 23.2 Å². The highest BCUT2D eigenvalue weighted by Crippen LogP contribution is 2.55. The molecule has 18 heavy (non-hydrogen) atoms. The molecule has 4 heteroatoms. The van der Waals surface area contributed by atoms with E-state index < -0.39 is 0 Å². The molecule has 0 heterocycles. The molecule has 0 amide bonds. The van der Waals surface area contributed by atoms with Crippen LogP contribution in [0.15, 0.2) is 18.2 Å². The van der Waals surface area contributed by atoms with Crippen LogP contribution < -0.4 is 11.3 Å². The summed E-state index contributed by atoms with van der Waals surface area (Å²) < 4.78 is 0. The average Bonchev–Trinajstić information content (AvgIpc) is 2.95. The molecule has 0 bridgehead atoms. The lowest BCUT2D eigenvalue weighted by molar-refractivity contribution is 0.336. The summed E-state index contributed by atoms with van der Waals surface area (Å²) in [4.78, 5) is 0. The maximum atomic E-state index is 6.22. The quantitative estimate of drug-likeness (QED) is 0.657. The summed E-state index contributed by atoms with van der Waals surface area (Å²) in [6.07, 6.45) is 4.97. The molecule has 3 unspecified atom stereocenters. The third-order valence-corrected chi connectivity index (χ3v) is 5.11. The Morgan fingerprint density at radius 1 is 1.22 bits per heavy atom. The van der Waals surface area contributed by atoms with E-state index in [0.29, 0.717) is 17.0 Å². The van der Waals surface area contributed by atoms with Gasteiger partial charge in [-0.05, 0) is 61.1 Å². The molecule has 2 aliphatic rings. The Hall–Kier alpha value is -0.280. The molecule has 0 aliphatic heterocycles. The van der Waals surface area contributed by atoms with Gasteiger partial charge < -0.3 is 0 Å². The minimum absolute atomic E-state index is 0.330. The maximum absolute atomic E-state index is 6.22. The standard InChI is InChI=1S/C14H18Cl2N2/c15-12-2-1-8(13(16)7-12)6-14(18-17)11-4-9-3-10(9)5-11/h1-2,7,9-11,14,18H,3-6,17H2. The van der Waals surface area contributed by atoms with Gasteiger partial charge in [0.1, 0.15) is 0 Å². The van der Waals surface area contributed by atoms with Crippen molar-refractivity contribution in [2.45, 2.75) is 31.7 Å². The number of hydrazine groups is 1. The van der Waals surface area contributed by atoms with E-state index in [2.05, 4.69) is 5.43 Å². The summed E-state index contributed by atoms with van der Waals surface area (Å²) in [7, 11) is 0. The predicted octanol–water partition coefficient (Wildman–Crippen LogP) is 3.41. The van der Waals surface area contributed by atoms with Gasteiger partial charge >= 0.3 is 0 Å². The molecule has 2 fully saturated rings. The van der Waals surface area contributed by atoms with Crippen LogP contribution in [0.25, 0.3) is 0 Å². The van der Waals surface area contributed by atoms with Gasteiger partial charge in [-0.2, -0.15) is 0 Å². The van der Waals surface area contributed by atoms with Crippen LogP contribution in [0.2, 0.25) is 10.0 Å². The Kier molecular flexibility index (Phi) is 3.55. The molecule has 2 nitrogen and oxygen atoms in total. The monoisotopic (exact) mass is 284 g/mol. The molecule has 1 aromatic rings. The molecule has 3 N–H and O–H groups in total. The zero-order valence-electron chi connectivity index (χ0n) is 10.2. The second kappa shape index (κ2) is 5.01. The number of fused-ring (bicyclic) bond motifs is 1. The molecule has 0 saturated heterocycles. The van der Waals surface area contributed by atoms with Gasteiger partial charge in [0.2, 0.25) is 0 Å². The van der Waals surface area contributed by atoms with Crippen LogP contribution in [0.5, 0.6) is 0 Å². The molecule has 3 atom stereocenters. The van der Waals surface area contributed by atoms with Crippen molar-refractivity contribution in [2.24, 2.45) is 23.6 Å². The average molecular weight is 285 g/mol. The van der Waals surface area contributed by atoms with E-state index in [1.165, 1.54) is 19.3 Å². The summed E-state index contributed by atoms with van der Waals surface area (Å²) >= 11 is 12.1. The molecular weight excluding hydrogens is 267 g/mol. The Bertz CT molecular complexity index is 439. The Morgan fingerprint density at radius 3 is 2.56 bits per heavy atom. The fourth-order valence-corrected chi connectivity index (χ4v) is 3.86. The topological polar surface area (TPSA) is 38.0 Å². The molecule has 2 saturated carbocycles. The highest BCUT2D eigenvalue weighted by atomic mass is 35.5. The Balaban J connectivity index is 1.69. The highest BCUT2D eigenvalue weighted by molar-refractivity contribution is 6.35. The molecule has 1 aromatic carbocycles. The molecule has 0 aromatic heterocycles. The number of hydrogen-bond acceptors (Lipinski definition) is 2. The zero-order chi connectivity index (χ0) is 12.7. The van der Waals surface area contributed by atoms with Gasteiger partial charge in [0.15, 0.2) is 0 Å². The molecule has 2 aliphatic carbocycles. The number of nitrogens with one attached hydrogen (secondary N) is 1. The minimum Gasteiger partial charge on any atom is -0.271 e. The lowest BCUT2D eigenvalue weighted by Crippen LogP contribution is -2.42. The van der Waals surface area contributed by atoms with Crippen LogP contribution in [0.1, 0.15) is 24.8 Å². The zero-order valence-corrected chi connectivity index (χ0v) is 11.7. The first-order valence-electron chi connectivity index (χ1n) is 6.57. The van der Waals surface area contributed by atoms with Gasteiger partial charge in [-0.15, -0.1) is 0 Å². The van der Waals surface area contributed by atoms with Gasteiger partial charge in [-0.25, -0.2) is 0 Å². The van der Waals surface area contributed by atoms with Crippen LogP contribution in [-0.4, -0.2) is 6.04 Å². The van der Waals surface area contributed by atoms with Gasteiger partial charge in [0, 0.05) is 16.1 Å². The predicted molar refractivity (Wildman–Crippen MR) is 75.6 cm³/mol. The normalized spacial score (nSPS) is 31.2. The molecule has 0 spiro atoms. The van der Waals surface area contributed by atoms with Crippen molar-refractivity contribution in [1.29, 1.82) is 0 Å². The summed E-state index contributed by atoms with van der Waals surface area (Å²) in [5.41, 5.74) is 4.11. The fourth-order valence-electron chi connectivity index (χ4n) is 3.38. The second-order valence-electron chi connectivity index (χ2n) is 5.70. The van der Waals surface area contributed by atoms with Crippen LogP contribution in [0.4, 0.5) is 0 Å². The summed E-state index contributed by atoms with van der Waals surface area (Å²) in [6, 6.07) is 6.03. The highest BCUT2D eigenvalue weighted by Gasteiger charge is 2.47. The third-order valence-electron chi connectivity index (χ3n) is 4.52. The van der Waals surface area contributed by atoms with Crippen LogP contribution in [0, 0.1) is 17.8 Å². The van der Waals surface area contributed by atoms with Gasteiger partial charge in [-0.3, -0.25) is 11.3 Å². The summed E-state index contributed by atoms with van der Waals surface area (Å²) in [6.45, 7) is 0. The number of nitrogens with two attached hydrogens (primary N) is 1. The summed E-state index contributed by atoms with van der Waals surface area (Å²) in [5, 5.41) is 1.43. The fraction of sp³-hybridized carbons (Fsp3) is 0.571. The van der Waals surface area contributed by atoms with E-state index >= 15 is 0 Å². The van der Waals surface area contributed by atoms with Crippen molar-refractivity contribution in [1.82, 2.24) is 5.43 Å². The SMILES string of the molecule is NNC(Cc1ccc(Cl)cc1Cl)C1CC2CC2C1. The molecule has 98 valence electrons. The first-order valence-corrected chi connectivity index (χ1v) is 7.33. The largest absolute Gasteiger partial charge is 0.271 e. The second-order valence-corrected chi connectivity index (χ2v) is 6.54. The van der Waals surface area contributed by atoms with Gasteiger partial charge in [0.25, 0.3) is 0 Å². The smallest absolute Gasteiger partial charge is 0.0453 e. The van der Waals surface area contributed by atoms with E-state index in [0.717, 1.165) is 28.8 Å². The van der Waals surface area contributed by atoms with Crippen molar-refractivity contribution in [2.75, 3.05) is 0 Å². The van der Waals surface area contributed by atoms with Gasteiger partial charge in [0.05, 0.1) is 0 Å². The van der Waals surface area contributed by atoms with E-state index in [9.17, 15) is 0 Å². The minimum atomic E-state index is 0.330. The number of hydrogen-bond donors (Lipinski definition) is 2. The first-order chi connectivity index (χ1) is 8.67. The third kappa shape index (κ3) is 2.53. The lowest BCUT2D eigenvalue weighted by Gasteiger charge is -2.24. The Morgan fingerprint density at radius 2 is 1.94 bits per heavy atom. The van der Waals surface area contributed by atoms with Crippen molar-refractivity contribution in [3.63, 3.8) is 0 Å². The molecule has 0 radical (unpaired) electrons. The van der Waals surface area contributed by atoms with E-state index in [1.54, 1.807) is 6.07 Å². The van der Waals surface area contributed by atoms with E-state index in [-0.39, 0.29) is 0 Å². The van der Waals surface area contributed by atoms with Crippen molar-refractivity contribution < 1.29 is 0 Å². The maximum Gasteiger partial charge on any atom is 0.0453 e. The van der Waals surface area contributed by atoms with Crippen molar-refractivity contribution in [3.05, 3.63) is 33.8 Å².